The van der Waals surface area contributed by atoms with Crippen LogP contribution in [0.2, 0.25) is 0 Å². The van der Waals surface area contributed by atoms with Gasteiger partial charge in [0, 0.05) is 45.5 Å². The highest BCUT2D eigenvalue weighted by Gasteiger charge is 2.41. The summed E-state index contributed by atoms with van der Waals surface area (Å²) in [6.07, 6.45) is 10.9. The number of fused-ring (bicyclic) bond motifs is 1. The van der Waals surface area contributed by atoms with Gasteiger partial charge >= 0.3 is 0 Å². The predicted molar refractivity (Wildman–Crippen MR) is 156 cm³/mol. The fourth-order valence-electron chi connectivity index (χ4n) is 6.56. The van der Waals surface area contributed by atoms with Crippen LogP contribution in [0.5, 0.6) is 5.75 Å². The standard InChI is InChI=1S/C31H44N6O3/c1-35(2)29-28(32-15-16-33-29)25-10-7-18-37(22-25)27(38)23-36-19-13-31(14-20-36)12-6-5-9-24-8-3-4-11-26(24)40-21-17-34-30(31)39/h3-4,8,11,15-16,25H,5-7,9-10,12-14,17-23H2,1-2H3,(H,34,39). The normalized spacial score (nSPS) is 22.3. The molecule has 0 saturated carbocycles. The number of aromatic nitrogens is 2. The molecule has 9 heteroatoms. The minimum absolute atomic E-state index is 0.149. The number of hydrogen-bond acceptors (Lipinski definition) is 7. The molecular weight excluding hydrogens is 504 g/mol. The van der Waals surface area contributed by atoms with Gasteiger partial charge in [-0.05, 0) is 69.7 Å². The van der Waals surface area contributed by atoms with Crippen LogP contribution >= 0.6 is 0 Å². The molecule has 1 spiro atoms. The van der Waals surface area contributed by atoms with Crippen LogP contribution in [0.1, 0.15) is 62.1 Å². The number of piperidine rings is 2. The molecule has 1 aromatic heterocycles. The second-order valence-electron chi connectivity index (χ2n) is 11.8. The fourth-order valence-corrected chi connectivity index (χ4v) is 6.56. The van der Waals surface area contributed by atoms with Gasteiger partial charge in [0.15, 0.2) is 0 Å². The zero-order valence-electron chi connectivity index (χ0n) is 24.1. The van der Waals surface area contributed by atoms with Gasteiger partial charge in [0.25, 0.3) is 0 Å². The van der Waals surface area contributed by atoms with E-state index in [-0.39, 0.29) is 23.1 Å². The summed E-state index contributed by atoms with van der Waals surface area (Å²) in [7, 11) is 3.97. The van der Waals surface area contributed by atoms with Gasteiger partial charge in [-0.25, -0.2) is 4.98 Å². The summed E-state index contributed by atoms with van der Waals surface area (Å²) in [4.78, 5) is 42.2. The number of para-hydroxylation sites is 1. The highest BCUT2D eigenvalue weighted by molar-refractivity contribution is 5.83. The van der Waals surface area contributed by atoms with Crippen LogP contribution in [-0.4, -0.2) is 91.6 Å². The molecule has 0 aliphatic carbocycles. The number of carbonyl (C=O) groups is 2. The molecule has 4 heterocycles. The molecule has 9 nitrogen and oxygen atoms in total. The molecule has 0 bridgehead atoms. The van der Waals surface area contributed by atoms with Crippen molar-refractivity contribution < 1.29 is 14.3 Å². The first-order valence-corrected chi connectivity index (χ1v) is 14.9. The number of anilines is 1. The molecule has 3 aliphatic rings. The van der Waals surface area contributed by atoms with Crippen molar-refractivity contribution in [2.24, 2.45) is 5.41 Å². The van der Waals surface area contributed by atoms with Crippen LogP contribution in [0.15, 0.2) is 36.7 Å². The van der Waals surface area contributed by atoms with E-state index in [9.17, 15) is 9.59 Å². The van der Waals surface area contributed by atoms with Gasteiger partial charge in [-0.1, -0.05) is 24.6 Å². The molecular formula is C31H44N6O3. The van der Waals surface area contributed by atoms with Crippen LogP contribution < -0.4 is 15.0 Å². The number of rotatable bonds is 4. The summed E-state index contributed by atoms with van der Waals surface area (Å²) >= 11 is 0. The largest absolute Gasteiger partial charge is 0.491 e. The van der Waals surface area contributed by atoms with E-state index in [1.165, 1.54) is 5.56 Å². The van der Waals surface area contributed by atoms with Gasteiger partial charge in [0.1, 0.15) is 18.2 Å². The van der Waals surface area contributed by atoms with Gasteiger partial charge in [-0.2, -0.15) is 0 Å². The Hall–Kier alpha value is -3.20. The molecule has 216 valence electrons. The number of aryl methyl sites for hydroxylation is 1. The summed E-state index contributed by atoms with van der Waals surface area (Å²) in [5, 5.41) is 3.16. The van der Waals surface area contributed by atoms with Crippen molar-refractivity contribution in [3.63, 3.8) is 0 Å². The highest BCUT2D eigenvalue weighted by atomic mass is 16.5. The van der Waals surface area contributed by atoms with Crippen molar-refractivity contribution >= 4 is 17.6 Å². The van der Waals surface area contributed by atoms with E-state index in [0.29, 0.717) is 26.2 Å². The Morgan fingerprint density at radius 2 is 1.88 bits per heavy atom. The van der Waals surface area contributed by atoms with Crippen molar-refractivity contribution in [2.75, 3.05) is 64.9 Å². The first-order valence-electron chi connectivity index (χ1n) is 14.9. The van der Waals surface area contributed by atoms with Gasteiger partial charge in [0.2, 0.25) is 11.8 Å². The fraction of sp³-hybridized carbons (Fsp3) is 0.613. The van der Waals surface area contributed by atoms with Crippen molar-refractivity contribution in [3.05, 3.63) is 47.9 Å². The van der Waals surface area contributed by atoms with Crippen molar-refractivity contribution in [3.8, 4) is 5.75 Å². The number of benzene rings is 1. The Kier molecular flexibility index (Phi) is 9.19. The minimum atomic E-state index is -0.358. The maximum absolute atomic E-state index is 13.4. The topological polar surface area (TPSA) is 90.9 Å². The third-order valence-corrected chi connectivity index (χ3v) is 8.91. The highest BCUT2D eigenvalue weighted by Crippen LogP contribution is 2.38. The SMILES string of the molecule is CN(C)c1nccnc1C1CCCN(C(=O)CN2CCC3(CCCCc4ccccc4OCCNC3=O)CC2)C1. The summed E-state index contributed by atoms with van der Waals surface area (Å²) in [6, 6.07) is 8.22. The number of nitrogens with one attached hydrogen (secondary N) is 1. The van der Waals surface area contributed by atoms with Crippen LogP contribution in [0.25, 0.3) is 0 Å². The van der Waals surface area contributed by atoms with Gasteiger partial charge in [-0.3, -0.25) is 19.5 Å². The average molecular weight is 549 g/mol. The van der Waals surface area contributed by atoms with Gasteiger partial charge in [0.05, 0.1) is 24.2 Å². The van der Waals surface area contributed by atoms with E-state index in [1.807, 2.05) is 36.0 Å². The average Bonchev–Trinajstić information content (AvgIpc) is 2.98. The third-order valence-electron chi connectivity index (χ3n) is 8.91. The lowest BCUT2D eigenvalue weighted by atomic mass is 9.73. The van der Waals surface area contributed by atoms with E-state index >= 15 is 0 Å². The van der Waals surface area contributed by atoms with Crippen LogP contribution in [-0.2, 0) is 16.0 Å². The van der Waals surface area contributed by atoms with Crippen LogP contribution in [0, 0.1) is 5.41 Å². The predicted octanol–water partition coefficient (Wildman–Crippen LogP) is 3.25. The van der Waals surface area contributed by atoms with E-state index in [0.717, 1.165) is 88.3 Å². The summed E-state index contributed by atoms with van der Waals surface area (Å²) in [6.45, 7) is 4.41. The van der Waals surface area contributed by atoms with E-state index in [1.54, 1.807) is 12.4 Å². The van der Waals surface area contributed by atoms with E-state index in [2.05, 4.69) is 32.3 Å². The maximum atomic E-state index is 13.4. The zero-order valence-corrected chi connectivity index (χ0v) is 24.1. The molecule has 1 atom stereocenters. The molecule has 5 rings (SSSR count). The summed E-state index contributed by atoms with van der Waals surface area (Å²) < 4.78 is 5.98. The smallest absolute Gasteiger partial charge is 0.236 e. The number of amides is 2. The monoisotopic (exact) mass is 548 g/mol. The third kappa shape index (κ3) is 6.57. The van der Waals surface area contributed by atoms with Gasteiger partial charge in [-0.15, -0.1) is 0 Å². The second-order valence-corrected chi connectivity index (χ2v) is 11.8. The number of likely N-dealkylation sites (tertiary alicyclic amines) is 2. The van der Waals surface area contributed by atoms with Gasteiger partial charge < -0.3 is 19.9 Å². The molecule has 40 heavy (non-hydrogen) atoms. The second kappa shape index (κ2) is 13.0. The van der Waals surface area contributed by atoms with Crippen molar-refractivity contribution in [1.82, 2.24) is 25.1 Å². The molecule has 1 aromatic carbocycles. The molecule has 2 fully saturated rings. The molecule has 0 radical (unpaired) electrons. The summed E-state index contributed by atoms with van der Waals surface area (Å²) in [5.41, 5.74) is 1.87. The molecule has 3 aliphatic heterocycles. The molecule has 2 amide bonds. The Labute approximate surface area is 238 Å². The van der Waals surface area contributed by atoms with Crippen LogP contribution in [0.4, 0.5) is 5.82 Å². The minimum Gasteiger partial charge on any atom is -0.491 e. The first kappa shape index (κ1) is 28.3. The molecule has 1 N–H and O–H groups in total. The molecule has 2 saturated heterocycles. The number of carbonyl (C=O) groups excluding carboxylic acids is 2. The lowest BCUT2D eigenvalue weighted by Gasteiger charge is -2.41. The molecule has 2 aromatic rings. The maximum Gasteiger partial charge on any atom is 0.236 e. The Balaban J connectivity index is 1.16. The number of ether oxygens (including phenoxy) is 1. The lowest BCUT2D eigenvalue weighted by Crippen LogP contribution is -2.52. The molecule has 1 unspecified atom stereocenters. The number of hydrogen-bond donors (Lipinski definition) is 1. The Bertz CT molecular complexity index is 1160. The quantitative estimate of drug-likeness (QED) is 0.627. The van der Waals surface area contributed by atoms with E-state index in [4.69, 9.17) is 4.74 Å². The van der Waals surface area contributed by atoms with Crippen molar-refractivity contribution in [1.29, 1.82) is 0 Å². The van der Waals surface area contributed by atoms with Crippen LogP contribution in [0.3, 0.4) is 0 Å². The number of nitrogens with zero attached hydrogens (tertiary/aromatic N) is 5. The Morgan fingerprint density at radius 3 is 2.70 bits per heavy atom. The first-order chi connectivity index (χ1) is 19.4. The van der Waals surface area contributed by atoms with E-state index < -0.39 is 0 Å². The lowest BCUT2D eigenvalue weighted by molar-refractivity contribution is -0.137. The Morgan fingerprint density at radius 1 is 1.07 bits per heavy atom. The zero-order chi connectivity index (χ0) is 28.0. The van der Waals surface area contributed by atoms with Crippen molar-refractivity contribution in [2.45, 2.75) is 57.3 Å². The summed E-state index contributed by atoms with van der Waals surface area (Å²) in [5.74, 6) is 2.34.